The Hall–Kier alpha value is -1.10. The van der Waals surface area contributed by atoms with Gasteiger partial charge in [0.15, 0.2) is 0 Å². The number of halogens is 2. The van der Waals surface area contributed by atoms with Gasteiger partial charge in [-0.15, -0.1) is 0 Å². The van der Waals surface area contributed by atoms with E-state index in [-0.39, 0.29) is 11.9 Å². The third kappa shape index (κ3) is 5.59. The van der Waals surface area contributed by atoms with Gasteiger partial charge in [-0.2, -0.15) is 0 Å². The number of carbonyl (C=O) groups excluding carboxylic acids is 1. The minimum Gasteiger partial charge on any atom is -0.444 e. The van der Waals surface area contributed by atoms with Gasteiger partial charge in [0.25, 0.3) is 0 Å². The van der Waals surface area contributed by atoms with Crippen molar-refractivity contribution in [1.82, 2.24) is 4.90 Å². The van der Waals surface area contributed by atoms with Gasteiger partial charge in [-0.05, 0) is 60.8 Å². The Kier molecular flexibility index (Phi) is 5.35. The van der Waals surface area contributed by atoms with Crippen LogP contribution in [0.25, 0.3) is 0 Å². The maximum Gasteiger partial charge on any atom is 0.410 e. The second-order valence-electron chi connectivity index (χ2n) is 5.40. The Labute approximate surface area is 121 Å². The van der Waals surface area contributed by atoms with E-state index in [1.165, 1.54) is 11.0 Å². The van der Waals surface area contributed by atoms with Crippen LogP contribution in [0.1, 0.15) is 26.3 Å². The summed E-state index contributed by atoms with van der Waals surface area (Å²) >= 11 is 3.11. The second kappa shape index (κ2) is 6.37. The first-order valence-electron chi connectivity index (χ1n) is 6.07. The lowest BCUT2D eigenvalue weighted by atomic mass is 10.1. The van der Waals surface area contributed by atoms with E-state index in [2.05, 4.69) is 15.9 Å². The van der Waals surface area contributed by atoms with Crippen molar-refractivity contribution in [2.24, 2.45) is 0 Å². The van der Waals surface area contributed by atoms with Crippen LogP contribution in [0.4, 0.5) is 9.18 Å². The number of amides is 1. The molecule has 1 aromatic carbocycles. The molecule has 0 heterocycles. The van der Waals surface area contributed by atoms with Crippen molar-refractivity contribution in [2.45, 2.75) is 32.8 Å². The first kappa shape index (κ1) is 16.0. The fourth-order valence-electron chi connectivity index (χ4n) is 1.42. The average molecular weight is 332 g/mol. The van der Waals surface area contributed by atoms with E-state index in [1.54, 1.807) is 13.1 Å². The molecule has 0 fully saturated rings. The summed E-state index contributed by atoms with van der Waals surface area (Å²) in [5.74, 6) is -0.294. The average Bonchev–Trinajstić information content (AvgIpc) is 2.28. The van der Waals surface area contributed by atoms with E-state index >= 15 is 0 Å². The van der Waals surface area contributed by atoms with Crippen molar-refractivity contribution in [2.75, 3.05) is 13.6 Å². The van der Waals surface area contributed by atoms with Gasteiger partial charge < -0.3 is 9.64 Å². The quantitative estimate of drug-likeness (QED) is 0.837. The maximum absolute atomic E-state index is 13.3. The maximum atomic E-state index is 13.3. The Balaban J connectivity index is 2.52. The minimum atomic E-state index is -0.505. The molecule has 0 spiro atoms. The lowest BCUT2D eigenvalue weighted by Crippen LogP contribution is -2.35. The molecule has 0 unspecified atom stereocenters. The highest BCUT2D eigenvalue weighted by Gasteiger charge is 2.19. The van der Waals surface area contributed by atoms with Gasteiger partial charge in [0.1, 0.15) is 11.4 Å². The molecule has 3 nitrogen and oxygen atoms in total. The zero-order valence-electron chi connectivity index (χ0n) is 11.7. The molecule has 5 heteroatoms. The molecule has 0 aliphatic heterocycles. The highest BCUT2D eigenvalue weighted by atomic mass is 79.9. The van der Waals surface area contributed by atoms with Gasteiger partial charge in [0.2, 0.25) is 0 Å². The fourth-order valence-corrected chi connectivity index (χ4v) is 1.67. The molecule has 0 saturated heterocycles. The number of rotatable bonds is 3. The molecule has 0 N–H and O–H groups in total. The van der Waals surface area contributed by atoms with E-state index in [0.717, 1.165) is 5.56 Å². The van der Waals surface area contributed by atoms with E-state index in [4.69, 9.17) is 4.74 Å². The third-order valence-corrected chi connectivity index (χ3v) is 3.07. The summed E-state index contributed by atoms with van der Waals surface area (Å²) in [7, 11) is 1.67. The third-order valence-electron chi connectivity index (χ3n) is 2.43. The molecule has 1 aromatic rings. The molecule has 19 heavy (non-hydrogen) atoms. The predicted molar refractivity (Wildman–Crippen MR) is 76.7 cm³/mol. The van der Waals surface area contributed by atoms with Crippen LogP contribution >= 0.6 is 15.9 Å². The van der Waals surface area contributed by atoms with Crippen LogP contribution < -0.4 is 0 Å². The van der Waals surface area contributed by atoms with Gasteiger partial charge in [-0.25, -0.2) is 9.18 Å². The number of hydrogen-bond donors (Lipinski definition) is 0. The topological polar surface area (TPSA) is 29.5 Å². The minimum absolute atomic E-state index is 0.294. The molecule has 0 saturated carbocycles. The zero-order valence-corrected chi connectivity index (χ0v) is 13.3. The van der Waals surface area contributed by atoms with Gasteiger partial charge in [0.05, 0.1) is 4.47 Å². The van der Waals surface area contributed by atoms with Crippen LogP contribution in [0.3, 0.4) is 0 Å². The fraction of sp³-hybridized carbons (Fsp3) is 0.500. The van der Waals surface area contributed by atoms with Crippen LogP contribution in [0.5, 0.6) is 0 Å². The summed E-state index contributed by atoms with van der Waals surface area (Å²) in [5, 5.41) is 0. The van der Waals surface area contributed by atoms with Crippen molar-refractivity contribution in [3.05, 3.63) is 34.1 Å². The number of nitrogens with zero attached hydrogens (tertiary/aromatic N) is 1. The molecule has 0 aromatic heterocycles. The summed E-state index contributed by atoms with van der Waals surface area (Å²) in [6.45, 7) is 5.95. The summed E-state index contributed by atoms with van der Waals surface area (Å²) in [6, 6.07) is 4.96. The largest absolute Gasteiger partial charge is 0.444 e. The monoisotopic (exact) mass is 331 g/mol. The molecule has 106 valence electrons. The zero-order chi connectivity index (χ0) is 14.6. The molecule has 1 amide bonds. The lowest BCUT2D eigenvalue weighted by molar-refractivity contribution is 0.0301. The van der Waals surface area contributed by atoms with Crippen molar-refractivity contribution in [3.8, 4) is 0 Å². The highest BCUT2D eigenvalue weighted by Crippen LogP contribution is 2.17. The van der Waals surface area contributed by atoms with Crippen molar-refractivity contribution < 1.29 is 13.9 Å². The van der Waals surface area contributed by atoms with Crippen molar-refractivity contribution in [1.29, 1.82) is 0 Å². The molecule has 1 rings (SSSR count). The number of carbonyl (C=O) groups is 1. The summed E-state index contributed by atoms with van der Waals surface area (Å²) in [5.41, 5.74) is 0.339. The van der Waals surface area contributed by atoms with Crippen LogP contribution in [0.2, 0.25) is 0 Å². The van der Waals surface area contributed by atoms with E-state index < -0.39 is 5.60 Å². The summed E-state index contributed by atoms with van der Waals surface area (Å²) in [6.07, 6.45) is 0.213. The van der Waals surface area contributed by atoms with Gasteiger partial charge in [-0.3, -0.25) is 0 Å². The van der Waals surface area contributed by atoms with E-state index in [9.17, 15) is 9.18 Å². The first-order chi connectivity index (χ1) is 8.69. The molecule has 0 radical (unpaired) electrons. The SMILES string of the molecule is CN(CCc1ccc(Br)c(F)c1)C(=O)OC(C)(C)C. The molecule has 0 bridgehead atoms. The Bertz CT molecular complexity index is 457. The molecule has 0 atom stereocenters. The highest BCUT2D eigenvalue weighted by molar-refractivity contribution is 9.10. The van der Waals surface area contributed by atoms with Crippen molar-refractivity contribution in [3.63, 3.8) is 0 Å². The van der Waals surface area contributed by atoms with Gasteiger partial charge >= 0.3 is 6.09 Å². The molecular weight excluding hydrogens is 313 g/mol. The molecular formula is C14H19BrFNO2. The molecule has 0 aliphatic carbocycles. The smallest absolute Gasteiger partial charge is 0.410 e. The van der Waals surface area contributed by atoms with Crippen LogP contribution in [0, 0.1) is 5.82 Å². The number of hydrogen-bond acceptors (Lipinski definition) is 2. The Morgan fingerprint density at radius 2 is 2.05 bits per heavy atom. The summed E-state index contributed by atoms with van der Waals surface area (Å²) in [4.78, 5) is 13.2. The normalized spacial score (nSPS) is 11.3. The first-order valence-corrected chi connectivity index (χ1v) is 6.86. The Morgan fingerprint density at radius 1 is 1.42 bits per heavy atom. The van der Waals surface area contributed by atoms with Gasteiger partial charge in [-0.1, -0.05) is 6.07 Å². The van der Waals surface area contributed by atoms with Gasteiger partial charge in [0, 0.05) is 13.6 Å². The number of likely N-dealkylation sites (N-methyl/N-ethyl adjacent to an activating group) is 1. The van der Waals surface area contributed by atoms with Crippen molar-refractivity contribution >= 4 is 22.0 Å². The summed E-state index contributed by atoms with van der Waals surface area (Å²) < 4.78 is 19.0. The van der Waals surface area contributed by atoms with E-state index in [0.29, 0.717) is 17.4 Å². The second-order valence-corrected chi connectivity index (χ2v) is 6.25. The Morgan fingerprint density at radius 3 is 2.58 bits per heavy atom. The van der Waals surface area contributed by atoms with E-state index in [1.807, 2.05) is 26.8 Å². The van der Waals surface area contributed by atoms with Crippen LogP contribution in [0.15, 0.2) is 22.7 Å². The standard InChI is InChI=1S/C14H19BrFNO2/c1-14(2,3)19-13(18)17(4)8-7-10-5-6-11(15)12(16)9-10/h5-6,9H,7-8H2,1-4H3. The number of ether oxygens (including phenoxy) is 1. The molecule has 0 aliphatic rings. The lowest BCUT2D eigenvalue weighted by Gasteiger charge is -2.24. The van der Waals surface area contributed by atoms with Crippen LogP contribution in [-0.2, 0) is 11.2 Å². The predicted octanol–water partition coefficient (Wildman–Crippen LogP) is 4.00. The number of benzene rings is 1. The van der Waals surface area contributed by atoms with Crippen LogP contribution in [-0.4, -0.2) is 30.2 Å².